The maximum Gasteiger partial charge on any atom is 0.257 e. The molecule has 0 saturated carbocycles. The molecule has 1 amide bonds. The summed E-state index contributed by atoms with van der Waals surface area (Å²) in [6, 6.07) is 1.56. The fourth-order valence-electron chi connectivity index (χ4n) is 3.46. The summed E-state index contributed by atoms with van der Waals surface area (Å²) in [6.45, 7) is 7.97. The van der Waals surface area contributed by atoms with E-state index in [1.807, 2.05) is 30.4 Å². The van der Waals surface area contributed by atoms with Crippen molar-refractivity contribution in [2.45, 2.75) is 46.1 Å². The summed E-state index contributed by atoms with van der Waals surface area (Å²) in [5.41, 5.74) is 3.13. The van der Waals surface area contributed by atoms with Gasteiger partial charge in [0.1, 0.15) is 0 Å². The third-order valence-electron chi connectivity index (χ3n) is 4.79. The van der Waals surface area contributed by atoms with Crippen LogP contribution in [0, 0.1) is 13.8 Å². The number of carbonyl (C=O) groups is 1. The van der Waals surface area contributed by atoms with Gasteiger partial charge in [0.2, 0.25) is 0 Å². The van der Waals surface area contributed by atoms with Crippen LogP contribution in [0.25, 0.3) is 0 Å². The molecule has 0 atom stereocenters. The first-order valence-corrected chi connectivity index (χ1v) is 8.39. The number of amides is 1. The number of nitrogens with zero attached hydrogens (tertiary/aromatic N) is 4. The lowest BCUT2D eigenvalue weighted by molar-refractivity contribution is 0.0710. The molecule has 1 aliphatic rings. The molecule has 1 fully saturated rings. The highest BCUT2D eigenvalue weighted by molar-refractivity contribution is 5.96. The van der Waals surface area contributed by atoms with E-state index in [0.717, 1.165) is 42.0 Å². The Balaban J connectivity index is 1.72. The second-order valence-corrected chi connectivity index (χ2v) is 6.26. The van der Waals surface area contributed by atoms with Crippen molar-refractivity contribution in [3.05, 3.63) is 45.4 Å². The number of piperidine rings is 1. The minimum absolute atomic E-state index is 0.0574. The van der Waals surface area contributed by atoms with Gasteiger partial charge in [0.05, 0.1) is 23.3 Å². The summed E-state index contributed by atoms with van der Waals surface area (Å²) in [5.74, 6) is 0.291. The predicted octanol–water partition coefficient (Wildman–Crippen LogP) is 1.62. The van der Waals surface area contributed by atoms with Crippen LogP contribution < -0.4 is 5.56 Å². The lowest BCUT2D eigenvalue weighted by Crippen LogP contribution is -2.38. The van der Waals surface area contributed by atoms with Crippen LogP contribution in [0.4, 0.5) is 0 Å². The van der Waals surface area contributed by atoms with Crippen molar-refractivity contribution in [3.63, 3.8) is 0 Å². The number of carbonyl (C=O) groups excluding carboxylic acids is 1. The van der Waals surface area contributed by atoms with Gasteiger partial charge in [0.15, 0.2) is 0 Å². The van der Waals surface area contributed by atoms with E-state index in [-0.39, 0.29) is 17.4 Å². The van der Waals surface area contributed by atoms with Crippen LogP contribution >= 0.6 is 0 Å². The SMILES string of the molecule is CCn1nc(C)c(C(=O)N2CCC(c3cc(=O)[nH]cn3)CC2)c1C. The molecule has 2 aromatic rings. The quantitative estimate of drug-likeness (QED) is 0.927. The van der Waals surface area contributed by atoms with E-state index >= 15 is 0 Å². The molecule has 0 bridgehead atoms. The summed E-state index contributed by atoms with van der Waals surface area (Å²) >= 11 is 0. The van der Waals surface area contributed by atoms with Crippen molar-refractivity contribution in [2.24, 2.45) is 0 Å². The van der Waals surface area contributed by atoms with Crippen LogP contribution in [0.3, 0.4) is 0 Å². The highest BCUT2D eigenvalue weighted by Gasteiger charge is 2.28. The topological polar surface area (TPSA) is 83.9 Å². The van der Waals surface area contributed by atoms with Gasteiger partial charge >= 0.3 is 0 Å². The number of aromatic amines is 1. The van der Waals surface area contributed by atoms with E-state index in [9.17, 15) is 9.59 Å². The van der Waals surface area contributed by atoms with E-state index in [1.165, 1.54) is 6.33 Å². The number of aromatic nitrogens is 4. The summed E-state index contributed by atoms with van der Waals surface area (Å²) in [4.78, 5) is 33.0. The number of hydrogen-bond acceptors (Lipinski definition) is 4. The average Bonchev–Trinajstić information content (AvgIpc) is 2.88. The summed E-state index contributed by atoms with van der Waals surface area (Å²) in [7, 11) is 0. The number of H-pyrrole nitrogens is 1. The Kier molecular flexibility index (Phi) is 4.51. The maximum absolute atomic E-state index is 12.9. The van der Waals surface area contributed by atoms with Gasteiger partial charge in [-0.25, -0.2) is 4.98 Å². The monoisotopic (exact) mass is 329 g/mol. The minimum Gasteiger partial charge on any atom is -0.338 e. The Morgan fingerprint density at radius 1 is 1.33 bits per heavy atom. The van der Waals surface area contributed by atoms with Gasteiger partial charge in [-0.15, -0.1) is 0 Å². The zero-order valence-electron chi connectivity index (χ0n) is 14.4. The molecule has 128 valence electrons. The van der Waals surface area contributed by atoms with Crippen molar-refractivity contribution >= 4 is 5.91 Å². The molecule has 0 aliphatic carbocycles. The second-order valence-electron chi connectivity index (χ2n) is 6.26. The molecule has 7 heteroatoms. The fraction of sp³-hybridized carbons (Fsp3) is 0.529. The zero-order chi connectivity index (χ0) is 17.3. The highest BCUT2D eigenvalue weighted by Crippen LogP contribution is 2.27. The van der Waals surface area contributed by atoms with Crippen molar-refractivity contribution < 1.29 is 4.79 Å². The lowest BCUT2D eigenvalue weighted by atomic mass is 9.93. The first-order valence-electron chi connectivity index (χ1n) is 8.39. The summed E-state index contributed by atoms with van der Waals surface area (Å²) in [6.07, 6.45) is 3.09. The Morgan fingerprint density at radius 2 is 2.04 bits per heavy atom. The van der Waals surface area contributed by atoms with E-state index in [0.29, 0.717) is 13.1 Å². The Morgan fingerprint density at radius 3 is 2.62 bits per heavy atom. The molecule has 0 aromatic carbocycles. The molecule has 1 aliphatic heterocycles. The predicted molar refractivity (Wildman–Crippen MR) is 90.1 cm³/mol. The lowest BCUT2D eigenvalue weighted by Gasteiger charge is -2.31. The minimum atomic E-state index is -0.128. The normalized spacial score (nSPS) is 15.7. The van der Waals surface area contributed by atoms with E-state index in [1.54, 1.807) is 6.07 Å². The van der Waals surface area contributed by atoms with Gasteiger partial charge in [0.25, 0.3) is 11.5 Å². The molecule has 1 saturated heterocycles. The Hall–Kier alpha value is -2.44. The molecule has 7 nitrogen and oxygen atoms in total. The molecule has 2 aromatic heterocycles. The Labute approximate surface area is 140 Å². The van der Waals surface area contributed by atoms with Crippen molar-refractivity contribution in [1.82, 2.24) is 24.6 Å². The first-order chi connectivity index (χ1) is 11.5. The van der Waals surface area contributed by atoms with Crippen LogP contribution in [0.15, 0.2) is 17.2 Å². The van der Waals surface area contributed by atoms with Gasteiger partial charge < -0.3 is 9.88 Å². The molecular weight excluding hydrogens is 306 g/mol. The number of hydrogen-bond donors (Lipinski definition) is 1. The van der Waals surface area contributed by atoms with Gasteiger partial charge in [-0.2, -0.15) is 5.10 Å². The molecular formula is C17H23N5O2. The number of aryl methyl sites for hydroxylation is 2. The van der Waals surface area contributed by atoms with Crippen molar-refractivity contribution in [2.75, 3.05) is 13.1 Å². The zero-order valence-corrected chi connectivity index (χ0v) is 14.4. The van der Waals surface area contributed by atoms with E-state index in [2.05, 4.69) is 15.1 Å². The second kappa shape index (κ2) is 6.59. The molecule has 0 radical (unpaired) electrons. The van der Waals surface area contributed by atoms with Gasteiger partial charge in [0, 0.05) is 37.3 Å². The van der Waals surface area contributed by atoms with Crippen LogP contribution in [0.1, 0.15) is 53.1 Å². The van der Waals surface area contributed by atoms with Crippen LogP contribution in [0.5, 0.6) is 0 Å². The third kappa shape index (κ3) is 2.98. The average molecular weight is 329 g/mol. The van der Waals surface area contributed by atoms with Gasteiger partial charge in [-0.05, 0) is 33.6 Å². The largest absolute Gasteiger partial charge is 0.338 e. The van der Waals surface area contributed by atoms with Crippen LogP contribution in [-0.2, 0) is 6.54 Å². The summed E-state index contributed by atoms with van der Waals surface area (Å²) < 4.78 is 1.87. The van der Waals surface area contributed by atoms with E-state index in [4.69, 9.17) is 0 Å². The summed E-state index contributed by atoms with van der Waals surface area (Å²) in [5, 5.41) is 4.44. The fourth-order valence-corrected chi connectivity index (χ4v) is 3.46. The van der Waals surface area contributed by atoms with Crippen LogP contribution in [0.2, 0.25) is 0 Å². The molecule has 3 heterocycles. The Bertz CT molecular complexity index is 800. The van der Waals surface area contributed by atoms with Crippen molar-refractivity contribution in [1.29, 1.82) is 0 Å². The molecule has 0 unspecified atom stereocenters. The molecule has 1 N–H and O–H groups in total. The third-order valence-corrected chi connectivity index (χ3v) is 4.79. The van der Waals surface area contributed by atoms with Gasteiger partial charge in [-0.3, -0.25) is 14.3 Å². The van der Waals surface area contributed by atoms with Gasteiger partial charge in [-0.1, -0.05) is 0 Å². The number of rotatable bonds is 3. The molecule has 0 spiro atoms. The maximum atomic E-state index is 12.9. The number of nitrogens with one attached hydrogen (secondary N) is 1. The highest BCUT2D eigenvalue weighted by atomic mass is 16.2. The van der Waals surface area contributed by atoms with Crippen LogP contribution in [-0.4, -0.2) is 43.6 Å². The van der Waals surface area contributed by atoms with Crippen molar-refractivity contribution in [3.8, 4) is 0 Å². The standard InChI is InChI=1S/C17H23N5O2/c1-4-22-12(3)16(11(2)20-22)17(24)21-7-5-13(6-8-21)14-9-15(23)19-10-18-14/h9-10,13H,4-8H2,1-3H3,(H,18,19,23). The molecule has 3 rings (SSSR count). The first kappa shape index (κ1) is 16.4. The molecule has 24 heavy (non-hydrogen) atoms. The number of likely N-dealkylation sites (tertiary alicyclic amines) is 1. The smallest absolute Gasteiger partial charge is 0.257 e. The van der Waals surface area contributed by atoms with E-state index < -0.39 is 0 Å².